The molecule has 0 amide bonds. The lowest BCUT2D eigenvalue weighted by atomic mass is 10.1. The molecule has 0 radical (unpaired) electrons. The maximum atomic E-state index is 12.8. The van der Waals surface area contributed by atoms with Crippen molar-refractivity contribution in [2.45, 2.75) is 31.1 Å². The van der Waals surface area contributed by atoms with Gasteiger partial charge in [-0.15, -0.1) is 0 Å². The summed E-state index contributed by atoms with van der Waals surface area (Å²) in [6.45, 7) is 0.124. The standard InChI is InChI=1S/C18H24N10O9P2/c19-14-10-17(24-5-21-14)28(7-25-10)18-12(29)13(9(36-18)3-38(30,31)32)37-39(33,34)8-35-2-1-27-6-26-16-11(27)15(20)22-4-23-16/h4-7,9,12-13,18,29H,1-3,8H2,(H,33,34)(H2,19,21,24)(H2,20,22,23)(H2,30,31,32). The number of fused-ring (bicyclic) bond motifs is 2. The number of imidazole rings is 2. The van der Waals surface area contributed by atoms with Gasteiger partial charge in [0.15, 0.2) is 29.2 Å². The maximum Gasteiger partial charge on any atom is 0.353 e. The van der Waals surface area contributed by atoms with Crippen LogP contribution < -0.4 is 11.5 Å². The fourth-order valence-corrected chi connectivity index (χ4v) is 6.01. The molecule has 0 saturated carbocycles. The van der Waals surface area contributed by atoms with Crippen LogP contribution in [0.1, 0.15) is 6.23 Å². The van der Waals surface area contributed by atoms with Crippen molar-refractivity contribution < 1.29 is 42.9 Å². The Balaban J connectivity index is 1.28. The van der Waals surface area contributed by atoms with E-state index in [0.717, 1.165) is 6.33 Å². The first-order chi connectivity index (χ1) is 18.4. The fourth-order valence-electron chi connectivity index (χ4n) is 4.18. The largest absolute Gasteiger partial charge is 0.386 e. The van der Waals surface area contributed by atoms with E-state index >= 15 is 0 Å². The number of rotatable bonds is 10. The van der Waals surface area contributed by atoms with Crippen LogP contribution in [0.2, 0.25) is 0 Å². The summed E-state index contributed by atoms with van der Waals surface area (Å²) in [5.74, 6) is 0.260. The van der Waals surface area contributed by atoms with Crippen LogP contribution in [0.3, 0.4) is 0 Å². The summed E-state index contributed by atoms with van der Waals surface area (Å²) in [6, 6.07) is 0. The third-order valence-electron chi connectivity index (χ3n) is 5.84. The molecule has 0 bridgehead atoms. The normalized spacial score (nSPS) is 23.5. The second-order valence-electron chi connectivity index (χ2n) is 8.60. The summed E-state index contributed by atoms with van der Waals surface area (Å²) in [5.41, 5.74) is 12.9. The Morgan fingerprint density at radius 3 is 2.51 bits per heavy atom. The molecule has 1 fully saturated rings. The van der Waals surface area contributed by atoms with Gasteiger partial charge < -0.3 is 45.3 Å². The minimum Gasteiger partial charge on any atom is -0.386 e. The molecular weight excluding hydrogens is 562 g/mol. The first-order valence-corrected chi connectivity index (χ1v) is 14.8. The average molecular weight is 586 g/mol. The molecule has 39 heavy (non-hydrogen) atoms. The SMILES string of the molecule is Nc1ncnc2c1ncn2C1OC(CP(=O)(O)O)C(OP(=O)(O)COCCn2cnc3ncnc(N)c32)C1O. The number of aromatic nitrogens is 8. The molecule has 0 aliphatic carbocycles. The molecule has 5 atom stereocenters. The van der Waals surface area contributed by atoms with E-state index in [-0.39, 0.29) is 36.0 Å². The minimum atomic E-state index is -4.70. The zero-order valence-corrected chi connectivity index (χ0v) is 21.7. The Hall–Kier alpha value is -3.12. The van der Waals surface area contributed by atoms with Crippen molar-refractivity contribution in [3.8, 4) is 0 Å². The van der Waals surface area contributed by atoms with E-state index in [1.54, 1.807) is 4.57 Å². The molecule has 21 heteroatoms. The second kappa shape index (κ2) is 10.5. The quantitative estimate of drug-likeness (QED) is 0.0940. The van der Waals surface area contributed by atoms with Gasteiger partial charge in [-0.25, -0.2) is 29.9 Å². The molecule has 1 saturated heterocycles. The third-order valence-corrected chi connectivity index (χ3v) is 7.76. The lowest BCUT2D eigenvalue weighted by molar-refractivity contribution is -0.0299. The van der Waals surface area contributed by atoms with Crippen molar-refractivity contribution in [1.29, 1.82) is 0 Å². The van der Waals surface area contributed by atoms with Gasteiger partial charge in [0.1, 0.15) is 48.3 Å². The van der Waals surface area contributed by atoms with Crippen LogP contribution >= 0.6 is 15.2 Å². The van der Waals surface area contributed by atoms with Crippen LogP contribution in [0, 0.1) is 0 Å². The monoisotopic (exact) mass is 586 g/mol. The van der Waals surface area contributed by atoms with Crippen molar-refractivity contribution >= 4 is 49.2 Å². The lowest BCUT2D eigenvalue weighted by Crippen LogP contribution is -2.35. The van der Waals surface area contributed by atoms with Crippen molar-refractivity contribution in [1.82, 2.24) is 39.0 Å². The number of nitrogens with two attached hydrogens (primary N) is 2. The number of hydrogen-bond acceptors (Lipinski definition) is 14. The van der Waals surface area contributed by atoms with E-state index < -0.39 is 52.2 Å². The van der Waals surface area contributed by atoms with E-state index in [4.69, 9.17) is 25.5 Å². The van der Waals surface area contributed by atoms with Crippen molar-refractivity contribution in [2.24, 2.45) is 0 Å². The summed E-state index contributed by atoms with van der Waals surface area (Å²) in [7, 11) is -9.27. The summed E-state index contributed by atoms with van der Waals surface area (Å²) < 4.78 is 43.7. The average Bonchev–Trinajstić information content (AvgIpc) is 3.54. The maximum absolute atomic E-state index is 12.8. The first kappa shape index (κ1) is 27.4. The molecule has 19 nitrogen and oxygen atoms in total. The van der Waals surface area contributed by atoms with Crippen LogP contribution in [-0.2, 0) is 29.7 Å². The van der Waals surface area contributed by atoms with Gasteiger partial charge in [0.05, 0.1) is 25.4 Å². The zero-order chi connectivity index (χ0) is 27.9. The Kier molecular flexibility index (Phi) is 7.36. The molecule has 210 valence electrons. The number of nitrogens with zero attached hydrogens (tertiary/aromatic N) is 8. The van der Waals surface area contributed by atoms with Gasteiger partial charge in [0.2, 0.25) is 0 Å². The molecule has 8 N–H and O–H groups in total. The van der Waals surface area contributed by atoms with Crippen LogP contribution in [0.4, 0.5) is 11.6 Å². The Bertz CT molecular complexity index is 1590. The molecule has 1 aliphatic rings. The van der Waals surface area contributed by atoms with E-state index in [0.29, 0.717) is 11.2 Å². The molecule has 4 aromatic rings. The molecule has 0 spiro atoms. The van der Waals surface area contributed by atoms with Gasteiger partial charge in [-0.3, -0.25) is 18.2 Å². The summed E-state index contributed by atoms with van der Waals surface area (Å²) in [6.07, 6.45) is -2.63. The van der Waals surface area contributed by atoms with Gasteiger partial charge in [0.25, 0.3) is 0 Å². The molecular formula is C18H24N10O9P2. The summed E-state index contributed by atoms with van der Waals surface area (Å²) >= 11 is 0. The number of aliphatic hydroxyl groups is 1. The highest BCUT2D eigenvalue weighted by Crippen LogP contribution is 2.50. The number of ether oxygens (including phenoxy) is 2. The van der Waals surface area contributed by atoms with Gasteiger partial charge in [0, 0.05) is 6.54 Å². The third kappa shape index (κ3) is 5.76. The number of nitrogen functional groups attached to an aromatic ring is 2. The highest BCUT2D eigenvalue weighted by atomic mass is 31.2. The van der Waals surface area contributed by atoms with Crippen LogP contribution in [0.5, 0.6) is 0 Å². The van der Waals surface area contributed by atoms with Crippen molar-refractivity contribution in [3.05, 3.63) is 25.3 Å². The highest BCUT2D eigenvalue weighted by molar-refractivity contribution is 7.52. The Morgan fingerprint density at radius 1 is 1.00 bits per heavy atom. The smallest absolute Gasteiger partial charge is 0.353 e. The number of aliphatic hydroxyl groups excluding tert-OH is 1. The summed E-state index contributed by atoms with van der Waals surface area (Å²) in [4.78, 5) is 53.4. The predicted octanol–water partition coefficient (Wildman–Crippen LogP) is -1.19. The van der Waals surface area contributed by atoms with Gasteiger partial charge >= 0.3 is 15.2 Å². The fraction of sp³-hybridized carbons (Fsp3) is 0.444. The highest BCUT2D eigenvalue weighted by Gasteiger charge is 2.50. The topological polar surface area (TPSA) is 282 Å². The van der Waals surface area contributed by atoms with E-state index in [9.17, 15) is 28.9 Å². The number of anilines is 2. The first-order valence-electron chi connectivity index (χ1n) is 11.2. The van der Waals surface area contributed by atoms with Crippen LogP contribution in [0.25, 0.3) is 22.3 Å². The second-order valence-corrected chi connectivity index (χ2v) is 12.0. The molecule has 5 unspecified atom stereocenters. The molecule has 0 aromatic carbocycles. The lowest BCUT2D eigenvalue weighted by Gasteiger charge is -2.23. The molecule has 5 rings (SSSR count). The van der Waals surface area contributed by atoms with Gasteiger partial charge in [-0.2, -0.15) is 0 Å². The predicted molar refractivity (Wildman–Crippen MR) is 132 cm³/mol. The van der Waals surface area contributed by atoms with E-state index in [2.05, 4.69) is 29.9 Å². The zero-order valence-electron chi connectivity index (χ0n) is 19.9. The molecule has 1 aliphatic heterocycles. The summed E-state index contributed by atoms with van der Waals surface area (Å²) in [5, 5.41) is 11.0. The molecule has 5 heterocycles. The van der Waals surface area contributed by atoms with Crippen molar-refractivity contribution in [2.75, 3.05) is 30.6 Å². The van der Waals surface area contributed by atoms with Gasteiger partial charge in [-0.1, -0.05) is 0 Å². The minimum absolute atomic E-state index is 0.0571. The van der Waals surface area contributed by atoms with Crippen LogP contribution in [0.15, 0.2) is 25.3 Å². The van der Waals surface area contributed by atoms with E-state index in [1.807, 2.05) is 0 Å². The van der Waals surface area contributed by atoms with Crippen molar-refractivity contribution in [3.63, 3.8) is 0 Å². The van der Waals surface area contributed by atoms with Crippen LogP contribution in [-0.4, -0.2) is 96.3 Å². The Labute approximate surface area is 218 Å². The number of hydrogen-bond donors (Lipinski definition) is 6. The van der Waals surface area contributed by atoms with E-state index in [1.165, 1.54) is 23.5 Å². The molecule has 4 aromatic heterocycles. The Morgan fingerprint density at radius 2 is 1.74 bits per heavy atom. The van der Waals surface area contributed by atoms with Gasteiger partial charge in [-0.05, 0) is 0 Å².